The summed E-state index contributed by atoms with van der Waals surface area (Å²) in [5.41, 5.74) is 1.92. The average Bonchev–Trinajstić information content (AvgIpc) is 2.84. The van der Waals surface area contributed by atoms with E-state index in [0.717, 1.165) is 15.7 Å². The Morgan fingerprint density at radius 1 is 1.50 bits per heavy atom. The topological polar surface area (TPSA) is 46.9 Å². The summed E-state index contributed by atoms with van der Waals surface area (Å²) < 4.78 is 2.63. The molecule has 5 heteroatoms. The number of halogens is 1. The van der Waals surface area contributed by atoms with Crippen LogP contribution in [0, 0.1) is 6.92 Å². The average molecular weight is 308 g/mol. The van der Waals surface area contributed by atoms with Crippen LogP contribution < -0.4 is 5.32 Å². The predicted octanol–water partition coefficient (Wildman–Crippen LogP) is 2.98. The van der Waals surface area contributed by atoms with Crippen molar-refractivity contribution < 1.29 is 4.79 Å². The Morgan fingerprint density at radius 3 is 3.06 bits per heavy atom. The van der Waals surface area contributed by atoms with Crippen molar-refractivity contribution in [3.63, 3.8) is 0 Å². The van der Waals surface area contributed by atoms with Crippen molar-refractivity contribution in [1.82, 2.24) is 9.78 Å². The zero-order valence-electron chi connectivity index (χ0n) is 10.1. The van der Waals surface area contributed by atoms with Crippen LogP contribution >= 0.6 is 15.9 Å². The van der Waals surface area contributed by atoms with E-state index in [1.807, 2.05) is 37.4 Å². The third kappa shape index (κ3) is 3.43. The van der Waals surface area contributed by atoms with Crippen molar-refractivity contribution in [1.29, 1.82) is 0 Å². The largest absolute Gasteiger partial charge is 0.325 e. The lowest BCUT2D eigenvalue weighted by Gasteiger charge is -2.08. The first-order valence-corrected chi connectivity index (χ1v) is 6.48. The number of nitrogens with zero attached hydrogens (tertiary/aromatic N) is 2. The summed E-state index contributed by atoms with van der Waals surface area (Å²) in [4.78, 5) is 11.8. The van der Waals surface area contributed by atoms with Gasteiger partial charge in [0, 0.05) is 29.8 Å². The second kappa shape index (κ2) is 5.82. The zero-order chi connectivity index (χ0) is 13.0. The minimum atomic E-state index is -0.0169. The smallest absolute Gasteiger partial charge is 0.226 e. The van der Waals surface area contributed by atoms with Gasteiger partial charge in [-0.2, -0.15) is 5.10 Å². The van der Waals surface area contributed by atoms with Crippen molar-refractivity contribution in [3.8, 4) is 0 Å². The molecular formula is C13H14BrN3O. The van der Waals surface area contributed by atoms with Crippen LogP contribution in [0.2, 0.25) is 0 Å². The van der Waals surface area contributed by atoms with Crippen LogP contribution in [-0.4, -0.2) is 15.7 Å². The van der Waals surface area contributed by atoms with Gasteiger partial charge in [0.1, 0.15) is 0 Å². The fourth-order valence-corrected chi connectivity index (χ4v) is 1.94. The molecule has 1 heterocycles. The van der Waals surface area contributed by atoms with E-state index in [-0.39, 0.29) is 5.91 Å². The molecule has 94 valence electrons. The number of nitrogens with one attached hydrogen (secondary N) is 1. The van der Waals surface area contributed by atoms with Crippen LogP contribution in [0.1, 0.15) is 12.0 Å². The molecule has 0 bridgehead atoms. The molecule has 0 aliphatic rings. The molecule has 0 atom stereocenters. The van der Waals surface area contributed by atoms with E-state index < -0.39 is 0 Å². The summed E-state index contributed by atoms with van der Waals surface area (Å²) in [6.07, 6.45) is 3.95. The van der Waals surface area contributed by atoms with Gasteiger partial charge in [-0.3, -0.25) is 9.48 Å². The van der Waals surface area contributed by atoms with E-state index in [1.165, 1.54) is 0 Å². The molecule has 0 saturated heterocycles. The highest BCUT2D eigenvalue weighted by Crippen LogP contribution is 2.23. The number of hydrogen-bond acceptors (Lipinski definition) is 2. The molecule has 0 fully saturated rings. The maximum absolute atomic E-state index is 11.8. The number of hydrogen-bond donors (Lipinski definition) is 1. The molecular weight excluding hydrogens is 294 g/mol. The van der Waals surface area contributed by atoms with Crippen molar-refractivity contribution in [2.45, 2.75) is 19.9 Å². The van der Waals surface area contributed by atoms with Crippen LogP contribution in [0.25, 0.3) is 0 Å². The summed E-state index contributed by atoms with van der Waals surface area (Å²) in [6, 6.07) is 7.70. The van der Waals surface area contributed by atoms with Crippen LogP contribution in [0.5, 0.6) is 0 Å². The lowest BCUT2D eigenvalue weighted by molar-refractivity contribution is -0.116. The highest BCUT2D eigenvalue weighted by Gasteiger charge is 2.06. The van der Waals surface area contributed by atoms with Crippen molar-refractivity contribution >= 4 is 27.5 Å². The Morgan fingerprint density at radius 2 is 2.33 bits per heavy atom. The van der Waals surface area contributed by atoms with Crippen molar-refractivity contribution in [3.05, 3.63) is 46.7 Å². The fraction of sp³-hybridized carbons (Fsp3) is 0.231. The number of benzene rings is 1. The first kappa shape index (κ1) is 12.8. The lowest BCUT2D eigenvalue weighted by Crippen LogP contribution is -2.15. The van der Waals surface area contributed by atoms with E-state index in [4.69, 9.17) is 0 Å². The molecule has 4 nitrogen and oxygen atoms in total. The van der Waals surface area contributed by atoms with Crippen LogP contribution in [0.15, 0.2) is 41.1 Å². The van der Waals surface area contributed by atoms with Gasteiger partial charge in [-0.25, -0.2) is 0 Å². The molecule has 0 aliphatic carbocycles. The number of amides is 1. The zero-order valence-corrected chi connectivity index (χ0v) is 11.6. The molecule has 2 aromatic rings. The molecule has 1 aromatic heterocycles. The highest BCUT2D eigenvalue weighted by molar-refractivity contribution is 9.10. The summed E-state index contributed by atoms with van der Waals surface area (Å²) in [7, 11) is 0. The SMILES string of the molecule is Cc1ccc(Br)c(NC(=O)CCn2cccn2)c1. The molecule has 1 amide bonds. The number of aryl methyl sites for hydroxylation is 2. The molecule has 0 aliphatic heterocycles. The lowest BCUT2D eigenvalue weighted by atomic mass is 10.2. The Balaban J connectivity index is 1.92. The monoisotopic (exact) mass is 307 g/mol. The van der Waals surface area contributed by atoms with Gasteiger partial charge in [0.25, 0.3) is 0 Å². The normalized spacial score (nSPS) is 10.3. The van der Waals surface area contributed by atoms with Gasteiger partial charge in [0.05, 0.1) is 5.69 Å². The van der Waals surface area contributed by atoms with Crippen LogP contribution in [-0.2, 0) is 11.3 Å². The van der Waals surface area contributed by atoms with E-state index in [1.54, 1.807) is 10.9 Å². The molecule has 0 unspecified atom stereocenters. The van der Waals surface area contributed by atoms with Crippen LogP contribution in [0.3, 0.4) is 0 Å². The summed E-state index contributed by atoms with van der Waals surface area (Å²) in [5, 5.41) is 6.94. The van der Waals surface area contributed by atoms with Crippen LogP contribution in [0.4, 0.5) is 5.69 Å². The van der Waals surface area contributed by atoms with E-state index in [2.05, 4.69) is 26.3 Å². The number of aromatic nitrogens is 2. The Labute approximate surface area is 114 Å². The number of carbonyl (C=O) groups excluding carboxylic acids is 1. The van der Waals surface area contributed by atoms with Gasteiger partial charge in [-0.05, 0) is 46.6 Å². The molecule has 0 radical (unpaired) electrons. The van der Waals surface area contributed by atoms with E-state index in [0.29, 0.717) is 13.0 Å². The Hall–Kier alpha value is -1.62. The van der Waals surface area contributed by atoms with E-state index >= 15 is 0 Å². The minimum absolute atomic E-state index is 0.0169. The fourth-order valence-electron chi connectivity index (χ4n) is 1.60. The van der Waals surface area contributed by atoms with Crippen molar-refractivity contribution in [2.75, 3.05) is 5.32 Å². The van der Waals surface area contributed by atoms with Gasteiger partial charge >= 0.3 is 0 Å². The molecule has 18 heavy (non-hydrogen) atoms. The van der Waals surface area contributed by atoms with Gasteiger partial charge in [0.2, 0.25) is 5.91 Å². The molecule has 1 N–H and O–H groups in total. The molecule has 2 rings (SSSR count). The van der Waals surface area contributed by atoms with E-state index in [9.17, 15) is 4.79 Å². The second-order valence-electron chi connectivity index (χ2n) is 4.05. The standard InChI is InChI=1S/C13H14BrN3O/c1-10-3-4-11(14)12(9-10)16-13(18)5-8-17-7-2-6-15-17/h2-4,6-7,9H,5,8H2,1H3,(H,16,18). The third-order valence-corrected chi connectivity index (χ3v) is 3.21. The highest BCUT2D eigenvalue weighted by atomic mass is 79.9. The predicted molar refractivity (Wildman–Crippen MR) is 74.4 cm³/mol. The Bertz CT molecular complexity index is 537. The van der Waals surface area contributed by atoms with Crippen molar-refractivity contribution in [2.24, 2.45) is 0 Å². The molecule has 0 spiro atoms. The van der Waals surface area contributed by atoms with Gasteiger partial charge in [-0.1, -0.05) is 6.07 Å². The third-order valence-electron chi connectivity index (χ3n) is 2.52. The summed E-state index contributed by atoms with van der Waals surface area (Å²) >= 11 is 3.42. The number of carbonyl (C=O) groups is 1. The number of rotatable bonds is 4. The molecule has 0 saturated carbocycles. The maximum Gasteiger partial charge on any atom is 0.226 e. The number of anilines is 1. The maximum atomic E-state index is 11.8. The van der Waals surface area contributed by atoms with Gasteiger partial charge < -0.3 is 5.32 Å². The summed E-state index contributed by atoms with van der Waals surface area (Å²) in [6.45, 7) is 2.58. The van der Waals surface area contributed by atoms with Gasteiger partial charge in [0.15, 0.2) is 0 Å². The minimum Gasteiger partial charge on any atom is -0.325 e. The Kier molecular flexibility index (Phi) is 4.15. The first-order chi connectivity index (χ1) is 8.65. The second-order valence-corrected chi connectivity index (χ2v) is 4.90. The quantitative estimate of drug-likeness (QED) is 0.944. The molecule has 1 aromatic carbocycles. The summed E-state index contributed by atoms with van der Waals surface area (Å²) in [5.74, 6) is -0.0169. The first-order valence-electron chi connectivity index (χ1n) is 5.68. The van der Waals surface area contributed by atoms with Gasteiger partial charge in [-0.15, -0.1) is 0 Å².